The molecule has 17 heavy (non-hydrogen) atoms. The van der Waals surface area contributed by atoms with Crippen molar-refractivity contribution in [1.29, 1.82) is 0 Å². The first-order chi connectivity index (χ1) is 8.28. The van der Waals surface area contributed by atoms with Crippen molar-refractivity contribution < 1.29 is 5.11 Å². The van der Waals surface area contributed by atoms with Gasteiger partial charge in [0.15, 0.2) is 0 Å². The SMILES string of the molecule is CCC1CCC(CO)(NC2CCCCC2)CC1. The van der Waals surface area contributed by atoms with Crippen molar-refractivity contribution in [3.8, 4) is 0 Å². The molecule has 0 spiro atoms. The molecule has 0 atom stereocenters. The van der Waals surface area contributed by atoms with Gasteiger partial charge in [-0.15, -0.1) is 0 Å². The summed E-state index contributed by atoms with van der Waals surface area (Å²) in [6, 6.07) is 0.675. The molecule has 2 rings (SSSR count). The van der Waals surface area contributed by atoms with Crippen molar-refractivity contribution in [2.24, 2.45) is 5.92 Å². The standard InChI is InChI=1S/C15H29NO/c1-2-13-8-10-15(12-17,11-9-13)16-14-6-4-3-5-7-14/h13-14,16-17H,2-12H2,1H3. The zero-order valence-corrected chi connectivity index (χ0v) is 11.4. The highest BCUT2D eigenvalue weighted by molar-refractivity contribution is 4.95. The van der Waals surface area contributed by atoms with E-state index in [1.165, 1.54) is 64.2 Å². The fourth-order valence-electron chi connectivity index (χ4n) is 3.67. The summed E-state index contributed by atoms with van der Waals surface area (Å²) < 4.78 is 0. The van der Waals surface area contributed by atoms with Crippen LogP contribution in [0.4, 0.5) is 0 Å². The Morgan fingerprint density at radius 2 is 1.71 bits per heavy atom. The Kier molecular flexibility index (Phi) is 4.87. The minimum atomic E-state index is 0.0632. The Morgan fingerprint density at radius 3 is 2.24 bits per heavy atom. The topological polar surface area (TPSA) is 32.3 Å². The van der Waals surface area contributed by atoms with Crippen LogP contribution in [0.1, 0.15) is 71.1 Å². The zero-order valence-electron chi connectivity index (χ0n) is 11.4. The molecule has 2 aliphatic rings. The quantitative estimate of drug-likeness (QED) is 0.789. The van der Waals surface area contributed by atoms with E-state index in [1.807, 2.05) is 0 Å². The monoisotopic (exact) mass is 239 g/mol. The van der Waals surface area contributed by atoms with E-state index in [0.717, 1.165) is 5.92 Å². The molecule has 2 N–H and O–H groups in total. The highest BCUT2D eigenvalue weighted by atomic mass is 16.3. The molecule has 0 aromatic rings. The molecule has 0 amide bonds. The van der Waals surface area contributed by atoms with Crippen molar-refractivity contribution in [2.75, 3.05) is 6.61 Å². The normalized spacial score (nSPS) is 36.0. The molecule has 2 nitrogen and oxygen atoms in total. The Balaban J connectivity index is 1.86. The van der Waals surface area contributed by atoms with E-state index in [-0.39, 0.29) is 5.54 Å². The average molecular weight is 239 g/mol. The molecule has 2 aliphatic carbocycles. The summed E-state index contributed by atoms with van der Waals surface area (Å²) in [7, 11) is 0. The molecule has 0 bridgehead atoms. The molecule has 0 heterocycles. The average Bonchev–Trinajstić information content (AvgIpc) is 2.41. The van der Waals surface area contributed by atoms with Crippen LogP contribution in [0.5, 0.6) is 0 Å². The van der Waals surface area contributed by atoms with Crippen LogP contribution in [0.25, 0.3) is 0 Å². The first kappa shape index (κ1) is 13.4. The van der Waals surface area contributed by atoms with Gasteiger partial charge in [0.2, 0.25) is 0 Å². The van der Waals surface area contributed by atoms with Crippen LogP contribution in [0.2, 0.25) is 0 Å². The van der Waals surface area contributed by atoms with E-state index in [0.29, 0.717) is 12.6 Å². The Bertz CT molecular complexity index is 215. The number of hydrogen-bond donors (Lipinski definition) is 2. The molecule has 0 aliphatic heterocycles. The third-order valence-electron chi connectivity index (χ3n) is 5.06. The second-order valence-electron chi connectivity index (χ2n) is 6.27. The molecular weight excluding hydrogens is 210 g/mol. The summed E-state index contributed by atoms with van der Waals surface area (Å²) in [5.74, 6) is 0.905. The van der Waals surface area contributed by atoms with E-state index in [4.69, 9.17) is 0 Å². The Hall–Kier alpha value is -0.0800. The van der Waals surface area contributed by atoms with Gasteiger partial charge in [0.25, 0.3) is 0 Å². The van der Waals surface area contributed by atoms with Crippen molar-refractivity contribution in [2.45, 2.75) is 82.7 Å². The second kappa shape index (κ2) is 6.19. The van der Waals surface area contributed by atoms with Crippen LogP contribution in [0.15, 0.2) is 0 Å². The lowest BCUT2D eigenvalue weighted by Crippen LogP contribution is -2.55. The molecule has 0 aromatic carbocycles. The highest BCUT2D eigenvalue weighted by Gasteiger charge is 2.35. The fourth-order valence-corrected chi connectivity index (χ4v) is 3.67. The predicted octanol–water partition coefficient (Wildman–Crippen LogP) is 3.24. The van der Waals surface area contributed by atoms with Gasteiger partial charge in [-0.05, 0) is 44.4 Å². The number of aliphatic hydroxyl groups is 1. The van der Waals surface area contributed by atoms with Gasteiger partial charge in [0.05, 0.1) is 6.61 Å². The van der Waals surface area contributed by atoms with Gasteiger partial charge in [0.1, 0.15) is 0 Å². The summed E-state index contributed by atoms with van der Waals surface area (Å²) in [6.07, 6.45) is 13.1. The number of aliphatic hydroxyl groups excluding tert-OH is 1. The first-order valence-electron chi connectivity index (χ1n) is 7.66. The van der Waals surface area contributed by atoms with Gasteiger partial charge in [-0.1, -0.05) is 32.6 Å². The van der Waals surface area contributed by atoms with E-state index in [2.05, 4.69) is 12.2 Å². The van der Waals surface area contributed by atoms with Crippen LogP contribution in [-0.4, -0.2) is 23.3 Å². The first-order valence-corrected chi connectivity index (χ1v) is 7.66. The summed E-state index contributed by atoms with van der Waals surface area (Å²) in [4.78, 5) is 0. The van der Waals surface area contributed by atoms with Gasteiger partial charge in [-0.25, -0.2) is 0 Å². The van der Waals surface area contributed by atoms with Crippen molar-refractivity contribution in [1.82, 2.24) is 5.32 Å². The van der Waals surface area contributed by atoms with E-state index in [9.17, 15) is 5.11 Å². The summed E-state index contributed by atoms with van der Waals surface area (Å²) in [6.45, 7) is 2.63. The van der Waals surface area contributed by atoms with Gasteiger partial charge < -0.3 is 10.4 Å². The van der Waals surface area contributed by atoms with E-state index < -0.39 is 0 Å². The smallest absolute Gasteiger partial charge is 0.0613 e. The Labute approximate surface area is 106 Å². The van der Waals surface area contributed by atoms with Gasteiger partial charge in [0, 0.05) is 11.6 Å². The van der Waals surface area contributed by atoms with Crippen molar-refractivity contribution >= 4 is 0 Å². The lowest BCUT2D eigenvalue weighted by Gasteiger charge is -2.43. The lowest BCUT2D eigenvalue weighted by atomic mass is 9.75. The van der Waals surface area contributed by atoms with E-state index >= 15 is 0 Å². The number of rotatable bonds is 4. The van der Waals surface area contributed by atoms with Crippen LogP contribution in [0, 0.1) is 5.92 Å². The third kappa shape index (κ3) is 3.45. The predicted molar refractivity (Wildman–Crippen MR) is 72.1 cm³/mol. The molecule has 2 fully saturated rings. The molecule has 2 saturated carbocycles. The molecular formula is C15H29NO. The van der Waals surface area contributed by atoms with Crippen LogP contribution in [-0.2, 0) is 0 Å². The van der Waals surface area contributed by atoms with Gasteiger partial charge >= 0.3 is 0 Å². The minimum absolute atomic E-state index is 0.0632. The van der Waals surface area contributed by atoms with E-state index in [1.54, 1.807) is 0 Å². The highest BCUT2D eigenvalue weighted by Crippen LogP contribution is 2.34. The van der Waals surface area contributed by atoms with Crippen molar-refractivity contribution in [3.05, 3.63) is 0 Å². The summed E-state index contributed by atoms with van der Waals surface area (Å²) in [5.41, 5.74) is 0.0632. The summed E-state index contributed by atoms with van der Waals surface area (Å²) >= 11 is 0. The molecule has 0 saturated heterocycles. The summed E-state index contributed by atoms with van der Waals surface area (Å²) in [5, 5.41) is 13.6. The maximum atomic E-state index is 9.77. The maximum Gasteiger partial charge on any atom is 0.0613 e. The largest absolute Gasteiger partial charge is 0.394 e. The van der Waals surface area contributed by atoms with Crippen LogP contribution in [0.3, 0.4) is 0 Å². The molecule has 0 radical (unpaired) electrons. The fraction of sp³-hybridized carbons (Fsp3) is 1.00. The molecule has 0 aromatic heterocycles. The Morgan fingerprint density at radius 1 is 1.06 bits per heavy atom. The zero-order chi connectivity index (χ0) is 12.1. The maximum absolute atomic E-state index is 9.77. The number of hydrogen-bond acceptors (Lipinski definition) is 2. The third-order valence-corrected chi connectivity index (χ3v) is 5.06. The van der Waals surface area contributed by atoms with Gasteiger partial charge in [-0.3, -0.25) is 0 Å². The molecule has 100 valence electrons. The number of nitrogens with one attached hydrogen (secondary N) is 1. The van der Waals surface area contributed by atoms with Crippen LogP contribution >= 0.6 is 0 Å². The van der Waals surface area contributed by atoms with Gasteiger partial charge in [-0.2, -0.15) is 0 Å². The van der Waals surface area contributed by atoms with Crippen LogP contribution < -0.4 is 5.32 Å². The minimum Gasteiger partial charge on any atom is -0.394 e. The molecule has 0 unspecified atom stereocenters. The molecule has 2 heteroatoms. The van der Waals surface area contributed by atoms with Crippen molar-refractivity contribution in [3.63, 3.8) is 0 Å². The second-order valence-corrected chi connectivity index (χ2v) is 6.27. The lowest BCUT2D eigenvalue weighted by molar-refractivity contribution is 0.0841.